The van der Waals surface area contributed by atoms with Crippen molar-refractivity contribution in [3.63, 3.8) is 0 Å². The van der Waals surface area contributed by atoms with Gasteiger partial charge in [-0.15, -0.1) is 0 Å². The Morgan fingerprint density at radius 1 is 1.27 bits per heavy atom. The van der Waals surface area contributed by atoms with Gasteiger partial charge in [0.2, 0.25) is 0 Å². The van der Waals surface area contributed by atoms with Crippen LogP contribution >= 0.6 is 0 Å². The van der Waals surface area contributed by atoms with E-state index in [0.29, 0.717) is 0 Å². The van der Waals surface area contributed by atoms with Crippen LogP contribution in [-0.2, 0) is 9.59 Å². The van der Waals surface area contributed by atoms with Gasteiger partial charge in [-0.3, -0.25) is 9.59 Å². The Labute approximate surface area is 123 Å². The van der Waals surface area contributed by atoms with Crippen molar-refractivity contribution in [1.29, 1.82) is 0 Å². The van der Waals surface area contributed by atoms with Gasteiger partial charge < -0.3 is 15.9 Å². The van der Waals surface area contributed by atoms with Crippen molar-refractivity contribution >= 4 is 87.4 Å². The van der Waals surface area contributed by atoms with Crippen LogP contribution in [0.5, 0.6) is 0 Å². The quantitative estimate of drug-likeness (QED) is 0.439. The van der Waals surface area contributed by atoms with Gasteiger partial charge in [0.1, 0.15) is 6.04 Å². The zero-order chi connectivity index (χ0) is 7.44. The molecular weight excluding hydrogens is 206 g/mol. The minimum absolute atomic E-state index is 0. The number of aliphatic carboxylic acids is 2. The molecule has 0 fully saturated rings. The number of nitrogens with two attached hydrogens (primary N) is 1. The van der Waals surface area contributed by atoms with E-state index >= 15 is 0 Å². The molecule has 0 bridgehead atoms. The molecule has 4 N–H and O–H groups in total. The molecule has 0 amide bonds. The standard InChI is InChI=1S/C4H7NO4.2Ca.4H/c5-2(4(8)9)1-3(6)7;;;;;;/h2H,1,5H2,(H,6,7)(H,8,9);;;;;;. The molecule has 60 valence electrons. The van der Waals surface area contributed by atoms with E-state index in [1.807, 2.05) is 0 Å². The Hall–Kier alpha value is 1.42. The third kappa shape index (κ3) is 11.4. The number of carboxylic acids is 2. The fourth-order valence-corrected chi connectivity index (χ4v) is 0.275. The summed E-state index contributed by atoms with van der Waals surface area (Å²) in [6.45, 7) is 0. The monoisotopic (exact) mass is 217 g/mol. The summed E-state index contributed by atoms with van der Waals surface area (Å²) in [5.41, 5.74) is 4.84. The summed E-state index contributed by atoms with van der Waals surface area (Å²) in [7, 11) is 0. The molecule has 0 radical (unpaired) electrons. The SMILES string of the molecule is NC(CC(=O)O)C(=O)O.[CaH2].[CaH2]. The van der Waals surface area contributed by atoms with Crippen LogP contribution in [0.3, 0.4) is 0 Å². The Bertz CT molecular complexity index is 140. The van der Waals surface area contributed by atoms with Gasteiger partial charge in [0.15, 0.2) is 0 Å². The van der Waals surface area contributed by atoms with E-state index in [4.69, 9.17) is 15.9 Å². The van der Waals surface area contributed by atoms with E-state index in [-0.39, 0.29) is 75.5 Å². The second-order valence-corrected chi connectivity index (χ2v) is 1.54. The minimum atomic E-state index is -1.29. The Morgan fingerprint density at radius 3 is 1.73 bits per heavy atom. The zero-order valence-electron chi connectivity index (χ0n) is 4.57. The predicted octanol–water partition coefficient (Wildman–Crippen LogP) is -2.96. The summed E-state index contributed by atoms with van der Waals surface area (Å²) < 4.78 is 0. The topological polar surface area (TPSA) is 101 Å². The molecule has 1 atom stereocenters. The maximum atomic E-state index is 9.85. The summed E-state index contributed by atoms with van der Waals surface area (Å²) in [5, 5.41) is 16.0. The van der Waals surface area contributed by atoms with Crippen LogP contribution in [0, 0.1) is 0 Å². The summed E-state index contributed by atoms with van der Waals surface area (Å²) >= 11 is 0. The van der Waals surface area contributed by atoms with Gasteiger partial charge in [-0.25, -0.2) is 0 Å². The van der Waals surface area contributed by atoms with Gasteiger partial charge in [0.25, 0.3) is 0 Å². The van der Waals surface area contributed by atoms with Gasteiger partial charge >= 0.3 is 87.4 Å². The van der Waals surface area contributed by atoms with Crippen molar-refractivity contribution in [2.75, 3.05) is 0 Å². The van der Waals surface area contributed by atoms with Gasteiger partial charge in [0.05, 0.1) is 6.42 Å². The van der Waals surface area contributed by atoms with Crippen LogP contribution in [0.1, 0.15) is 6.42 Å². The van der Waals surface area contributed by atoms with Crippen molar-refractivity contribution in [3.05, 3.63) is 0 Å². The third-order valence-electron chi connectivity index (χ3n) is 0.712. The fraction of sp³-hybridized carbons (Fsp3) is 0.500. The van der Waals surface area contributed by atoms with E-state index in [9.17, 15) is 9.59 Å². The molecule has 0 aromatic rings. The predicted molar refractivity (Wildman–Crippen MR) is 45.0 cm³/mol. The van der Waals surface area contributed by atoms with E-state index in [1.165, 1.54) is 0 Å². The van der Waals surface area contributed by atoms with Crippen molar-refractivity contribution in [2.45, 2.75) is 12.5 Å². The van der Waals surface area contributed by atoms with Crippen LogP contribution < -0.4 is 5.73 Å². The van der Waals surface area contributed by atoms with Gasteiger partial charge in [0, 0.05) is 0 Å². The summed E-state index contributed by atoms with van der Waals surface area (Å²) in [4.78, 5) is 19.6. The van der Waals surface area contributed by atoms with Gasteiger partial charge in [-0.05, 0) is 0 Å². The van der Waals surface area contributed by atoms with Crippen LogP contribution in [0.4, 0.5) is 0 Å². The summed E-state index contributed by atoms with van der Waals surface area (Å²) in [5.74, 6) is -2.50. The molecular formula is C4H11Ca2NO4. The van der Waals surface area contributed by atoms with Gasteiger partial charge in [-0.1, -0.05) is 0 Å². The van der Waals surface area contributed by atoms with E-state index in [2.05, 4.69) is 0 Å². The molecule has 7 heteroatoms. The molecule has 0 aliphatic rings. The molecule has 0 aromatic heterocycles. The van der Waals surface area contributed by atoms with Crippen molar-refractivity contribution in [1.82, 2.24) is 0 Å². The van der Waals surface area contributed by atoms with Crippen LogP contribution in [0.25, 0.3) is 0 Å². The Balaban J connectivity index is -0.000000320. The first-order valence-corrected chi connectivity index (χ1v) is 2.24. The fourth-order valence-electron chi connectivity index (χ4n) is 0.275. The molecule has 0 heterocycles. The number of hydrogen-bond donors (Lipinski definition) is 3. The van der Waals surface area contributed by atoms with Crippen LogP contribution in [-0.4, -0.2) is 104 Å². The Morgan fingerprint density at radius 2 is 1.64 bits per heavy atom. The van der Waals surface area contributed by atoms with Crippen molar-refractivity contribution in [2.24, 2.45) is 5.73 Å². The molecule has 11 heavy (non-hydrogen) atoms. The summed E-state index contributed by atoms with van der Waals surface area (Å²) in [6, 6.07) is -1.29. The molecule has 0 aromatic carbocycles. The average molecular weight is 217 g/mol. The molecule has 0 aliphatic carbocycles. The average Bonchev–Trinajstić information content (AvgIpc) is 1.63. The molecule has 1 unspecified atom stereocenters. The normalized spacial score (nSPS) is 10.3. The molecule has 0 rings (SSSR count). The number of carbonyl (C=O) groups is 2. The molecule has 0 saturated carbocycles. The van der Waals surface area contributed by atoms with Crippen molar-refractivity contribution < 1.29 is 19.8 Å². The van der Waals surface area contributed by atoms with Crippen LogP contribution in [0.15, 0.2) is 0 Å². The number of hydrogen-bond acceptors (Lipinski definition) is 3. The van der Waals surface area contributed by atoms with E-state index in [1.54, 1.807) is 0 Å². The first kappa shape index (κ1) is 18.3. The second-order valence-electron chi connectivity index (χ2n) is 1.54. The van der Waals surface area contributed by atoms with E-state index < -0.39 is 24.4 Å². The summed E-state index contributed by atoms with van der Waals surface area (Å²) in [6.07, 6.45) is -0.532. The zero-order valence-corrected chi connectivity index (χ0v) is 4.57. The first-order chi connectivity index (χ1) is 4.04. The second kappa shape index (κ2) is 9.51. The maximum absolute atomic E-state index is 9.85. The molecule has 0 saturated heterocycles. The number of rotatable bonds is 3. The molecule has 0 aliphatic heterocycles. The van der Waals surface area contributed by atoms with Crippen LogP contribution in [0.2, 0.25) is 0 Å². The van der Waals surface area contributed by atoms with Gasteiger partial charge in [-0.2, -0.15) is 0 Å². The molecule has 0 spiro atoms. The third-order valence-corrected chi connectivity index (χ3v) is 0.712. The van der Waals surface area contributed by atoms with E-state index in [0.717, 1.165) is 0 Å². The molecule has 5 nitrogen and oxygen atoms in total. The Kier molecular flexibility index (Phi) is 15.8. The first-order valence-electron chi connectivity index (χ1n) is 2.24. The van der Waals surface area contributed by atoms with Crippen molar-refractivity contribution in [3.8, 4) is 0 Å². The number of carboxylic acid groups (broad SMARTS) is 2.